The van der Waals surface area contributed by atoms with Gasteiger partial charge in [0.15, 0.2) is 0 Å². The summed E-state index contributed by atoms with van der Waals surface area (Å²) in [5.74, 6) is 1.37. The first kappa shape index (κ1) is 19.8. The summed E-state index contributed by atoms with van der Waals surface area (Å²) in [6.07, 6.45) is 2.61. The maximum Gasteiger partial charge on any atom is 0.257 e. The van der Waals surface area contributed by atoms with Crippen molar-refractivity contribution in [1.82, 2.24) is 9.88 Å². The highest BCUT2D eigenvalue weighted by molar-refractivity contribution is 5.99. The Balaban J connectivity index is 1.43. The number of benzene rings is 2. The van der Waals surface area contributed by atoms with Gasteiger partial charge in [0, 0.05) is 36.7 Å². The van der Waals surface area contributed by atoms with E-state index < -0.39 is 0 Å². The molecular weight excluding hydrogens is 376 g/mol. The summed E-state index contributed by atoms with van der Waals surface area (Å²) < 4.78 is 5.48. The Hall–Kier alpha value is -3.54. The molecule has 1 aromatic heterocycles. The quantitative estimate of drug-likeness (QED) is 0.607. The van der Waals surface area contributed by atoms with Crippen molar-refractivity contribution < 1.29 is 9.53 Å². The number of nitrogens with zero attached hydrogens (tertiary/aromatic N) is 2. The molecule has 1 aliphatic rings. The lowest BCUT2D eigenvalue weighted by Gasteiger charge is -2.19. The van der Waals surface area contributed by atoms with Gasteiger partial charge in [0.2, 0.25) is 0 Å². The number of rotatable bonds is 7. The van der Waals surface area contributed by atoms with Crippen molar-refractivity contribution in [2.24, 2.45) is 0 Å². The number of likely N-dealkylation sites (tertiary alicyclic amines) is 1. The van der Waals surface area contributed by atoms with Crippen molar-refractivity contribution in [3.05, 3.63) is 78.5 Å². The Morgan fingerprint density at radius 2 is 1.87 bits per heavy atom. The molecule has 0 bridgehead atoms. The largest absolute Gasteiger partial charge is 0.494 e. The van der Waals surface area contributed by atoms with E-state index in [0.29, 0.717) is 24.5 Å². The van der Waals surface area contributed by atoms with Crippen molar-refractivity contribution in [3.63, 3.8) is 0 Å². The van der Waals surface area contributed by atoms with Crippen LogP contribution in [-0.4, -0.2) is 41.5 Å². The van der Waals surface area contributed by atoms with Crippen LogP contribution >= 0.6 is 0 Å². The number of nitrogens with one attached hydrogen (secondary N) is 2. The molecule has 2 heterocycles. The van der Waals surface area contributed by atoms with Gasteiger partial charge in [0.25, 0.3) is 5.91 Å². The summed E-state index contributed by atoms with van der Waals surface area (Å²) >= 11 is 0. The number of amides is 1. The van der Waals surface area contributed by atoms with Crippen LogP contribution in [0.3, 0.4) is 0 Å². The minimum absolute atomic E-state index is 0.00565. The van der Waals surface area contributed by atoms with Gasteiger partial charge in [-0.2, -0.15) is 0 Å². The maximum atomic E-state index is 13.2. The Bertz CT molecular complexity index is 976. The van der Waals surface area contributed by atoms with Crippen molar-refractivity contribution in [1.29, 1.82) is 0 Å². The predicted octanol–water partition coefficient (Wildman–Crippen LogP) is 4.55. The minimum atomic E-state index is -0.00565. The number of pyridine rings is 1. The van der Waals surface area contributed by atoms with E-state index in [9.17, 15) is 4.79 Å². The monoisotopic (exact) mass is 402 g/mol. The molecule has 1 fully saturated rings. The van der Waals surface area contributed by atoms with E-state index in [1.165, 1.54) is 0 Å². The molecule has 154 valence electrons. The third-order valence-electron chi connectivity index (χ3n) is 5.09. The number of hydrogen-bond acceptors (Lipinski definition) is 5. The molecular formula is C24H26N4O2. The molecule has 1 unspecified atom stereocenters. The lowest BCUT2D eigenvalue weighted by molar-refractivity contribution is 0.0792. The first-order chi connectivity index (χ1) is 14.7. The normalized spacial score (nSPS) is 15.6. The molecule has 30 heavy (non-hydrogen) atoms. The first-order valence-electron chi connectivity index (χ1n) is 10.3. The van der Waals surface area contributed by atoms with Gasteiger partial charge in [0.05, 0.1) is 12.2 Å². The van der Waals surface area contributed by atoms with Crippen molar-refractivity contribution >= 4 is 23.1 Å². The molecule has 0 aliphatic carbocycles. The van der Waals surface area contributed by atoms with E-state index in [4.69, 9.17) is 4.74 Å². The number of hydrogen-bond donors (Lipinski definition) is 2. The number of aromatic nitrogens is 1. The Morgan fingerprint density at radius 1 is 1.07 bits per heavy atom. The molecule has 2 N–H and O–H groups in total. The molecule has 2 aromatic carbocycles. The van der Waals surface area contributed by atoms with Crippen LogP contribution in [0, 0.1) is 0 Å². The van der Waals surface area contributed by atoms with Gasteiger partial charge in [-0.05, 0) is 61.9 Å². The average molecular weight is 402 g/mol. The number of para-hydroxylation sites is 1. The van der Waals surface area contributed by atoms with Gasteiger partial charge in [-0.15, -0.1) is 0 Å². The summed E-state index contributed by atoms with van der Waals surface area (Å²) in [6.45, 7) is 3.98. The van der Waals surface area contributed by atoms with Crippen LogP contribution in [0.25, 0.3) is 0 Å². The van der Waals surface area contributed by atoms with Crippen molar-refractivity contribution in [3.8, 4) is 5.75 Å². The van der Waals surface area contributed by atoms with Crippen molar-refractivity contribution in [2.75, 3.05) is 30.3 Å². The number of carbonyl (C=O) groups excluding carboxylic acids is 1. The zero-order valence-electron chi connectivity index (χ0n) is 17.0. The molecule has 0 radical (unpaired) electrons. The zero-order valence-corrected chi connectivity index (χ0v) is 17.0. The van der Waals surface area contributed by atoms with Crippen molar-refractivity contribution in [2.45, 2.75) is 19.4 Å². The molecule has 0 saturated carbocycles. The minimum Gasteiger partial charge on any atom is -0.494 e. The van der Waals surface area contributed by atoms with Crippen LogP contribution in [0.15, 0.2) is 72.9 Å². The van der Waals surface area contributed by atoms with E-state index in [-0.39, 0.29) is 11.9 Å². The molecule has 6 heteroatoms. The highest BCUT2D eigenvalue weighted by Crippen LogP contribution is 2.24. The van der Waals surface area contributed by atoms with E-state index in [0.717, 1.165) is 30.1 Å². The third-order valence-corrected chi connectivity index (χ3v) is 5.09. The molecule has 4 rings (SSSR count). The molecule has 1 amide bonds. The number of ether oxygens (including phenoxy) is 1. The summed E-state index contributed by atoms with van der Waals surface area (Å²) in [5, 5.41) is 6.78. The first-order valence-corrected chi connectivity index (χ1v) is 10.3. The van der Waals surface area contributed by atoms with Gasteiger partial charge >= 0.3 is 0 Å². The van der Waals surface area contributed by atoms with Crippen LogP contribution in [-0.2, 0) is 0 Å². The second-order valence-corrected chi connectivity index (χ2v) is 7.23. The molecule has 3 aromatic rings. The van der Waals surface area contributed by atoms with E-state index in [1.807, 2.05) is 72.5 Å². The molecule has 6 nitrogen and oxygen atoms in total. The van der Waals surface area contributed by atoms with Crippen LogP contribution in [0.2, 0.25) is 0 Å². The zero-order chi connectivity index (χ0) is 20.8. The third kappa shape index (κ3) is 4.71. The average Bonchev–Trinajstić information content (AvgIpc) is 3.24. The highest BCUT2D eigenvalue weighted by atomic mass is 16.5. The SMILES string of the molecule is CCOc1ccc(Nc2ncccc2C(=O)N2CCC(Nc3ccccc3)C2)cc1. The Morgan fingerprint density at radius 3 is 2.63 bits per heavy atom. The summed E-state index contributed by atoms with van der Waals surface area (Å²) in [5.41, 5.74) is 2.51. The van der Waals surface area contributed by atoms with Gasteiger partial charge in [-0.1, -0.05) is 18.2 Å². The number of carbonyl (C=O) groups is 1. The summed E-state index contributed by atoms with van der Waals surface area (Å²) in [6, 6.07) is 21.6. The smallest absolute Gasteiger partial charge is 0.257 e. The van der Waals surface area contributed by atoms with E-state index >= 15 is 0 Å². The maximum absolute atomic E-state index is 13.2. The molecule has 1 atom stereocenters. The topological polar surface area (TPSA) is 66.5 Å². The highest BCUT2D eigenvalue weighted by Gasteiger charge is 2.28. The van der Waals surface area contributed by atoms with Gasteiger partial charge in [-0.3, -0.25) is 4.79 Å². The second kappa shape index (κ2) is 9.31. The van der Waals surface area contributed by atoms with Crippen LogP contribution in [0.1, 0.15) is 23.7 Å². The van der Waals surface area contributed by atoms with E-state index in [1.54, 1.807) is 12.3 Å². The van der Waals surface area contributed by atoms with Crippen LogP contribution < -0.4 is 15.4 Å². The fourth-order valence-electron chi connectivity index (χ4n) is 3.62. The van der Waals surface area contributed by atoms with Crippen LogP contribution in [0.5, 0.6) is 5.75 Å². The molecule has 1 saturated heterocycles. The second-order valence-electron chi connectivity index (χ2n) is 7.23. The fraction of sp³-hybridized carbons (Fsp3) is 0.250. The lowest BCUT2D eigenvalue weighted by atomic mass is 10.2. The Labute approximate surface area is 176 Å². The van der Waals surface area contributed by atoms with E-state index in [2.05, 4.69) is 15.6 Å². The molecule has 0 spiro atoms. The molecule has 1 aliphatic heterocycles. The number of anilines is 3. The van der Waals surface area contributed by atoms with Crippen LogP contribution in [0.4, 0.5) is 17.2 Å². The standard InChI is InChI=1S/C24H26N4O2/c1-2-30-21-12-10-19(11-13-21)27-23-22(9-6-15-25-23)24(29)28-16-14-20(17-28)26-18-7-4-3-5-8-18/h3-13,15,20,26H,2,14,16-17H2,1H3,(H,25,27). The van der Waals surface area contributed by atoms with Gasteiger partial charge < -0.3 is 20.3 Å². The Kier molecular flexibility index (Phi) is 6.13. The predicted molar refractivity (Wildman–Crippen MR) is 120 cm³/mol. The summed E-state index contributed by atoms with van der Waals surface area (Å²) in [4.78, 5) is 19.5. The fourth-order valence-corrected chi connectivity index (χ4v) is 3.62. The van der Waals surface area contributed by atoms with Gasteiger partial charge in [-0.25, -0.2) is 4.98 Å². The summed E-state index contributed by atoms with van der Waals surface area (Å²) in [7, 11) is 0. The lowest BCUT2D eigenvalue weighted by Crippen LogP contribution is -2.32. The van der Waals surface area contributed by atoms with Gasteiger partial charge in [0.1, 0.15) is 11.6 Å².